The molecule has 0 fully saturated rings. The van der Waals surface area contributed by atoms with Gasteiger partial charge in [0.25, 0.3) is 0 Å². The molecule has 0 aliphatic carbocycles. The molecule has 4 aromatic rings. The van der Waals surface area contributed by atoms with Crippen LogP contribution in [0.3, 0.4) is 0 Å². The number of ether oxygens (including phenoxy) is 3. The van der Waals surface area contributed by atoms with Gasteiger partial charge in [-0.25, -0.2) is 14.1 Å². The summed E-state index contributed by atoms with van der Waals surface area (Å²) in [4.78, 5) is 4.33. The lowest BCUT2D eigenvalue weighted by molar-refractivity contribution is 0.208. The summed E-state index contributed by atoms with van der Waals surface area (Å²) >= 11 is 0. The number of benzene rings is 3. The first-order valence-electron chi connectivity index (χ1n) is 9.97. The molecule has 3 aromatic carbocycles. The third-order valence-electron chi connectivity index (χ3n) is 4.46. The van der Waals surface area contributed by atoms with E-state index in [4.69, 9.17) is 14.2 Å². The molecule has 0 radical (unpaired) electrons. The number of imidazole rings is 1. The molecule has 0 aliphatic heterocycles. The Morgan fingerprint density at radius 3 is 2.58 bits per heavy atom. The van der Waals surface area contributed by atoms with E-state index in [1.54, 1.807) is 29.4 Å². The Hall–Kier alpha value is -3.87. The maximum Gasteiger partial charge on any atom is 0.161 e. The summed E-state index contributed by atoms with van der Waals surface area (Å²) < 4.78 is 31.8. The van der Waals surface area contributed by atoms with Gasteiger partial charge in [0.2, 0.25) is 0 Å². The Bertz CT molecular complexity index is 1170. The van der Waals surface area contributed by atoms with E-state index in [1.165, 1.54) is 12.1 Å². The fraction of sp³-hybridized carbons (Fsp3) is 0.167. The van der Waals surface area contributed by atoms with E-state index in [9.17, 15) is 4.39 Å². The minimum Gasteiger partial charge on any atom is -0.490 e. The molecule has 158 valence electrons. The highest BCUT2D eigenvalue weighted by atomic mass is 19.1. The minimum atomic E-state index is -0.296. The average molecular weight is 419 g/mol. The lowest BCUT2D eigenvalue weighted by Crippen LogP contribution is -2.10. The average Bonchev–Trinajstić information content (AvgIpc) is 3.21. The Morgan fingerprint density at radius 1 is 0.935 bits per heavy atom. The number of fused-ring (bicyclic) bond motifs is 1. The molecular weight excluding hydrogens is 397 g/mol. The highest BCUT2D eigenvalue weighted by Crippen LogP contribution is 2.28. The van der Waals surface area contributed by atoms with Gasteiger partial charge in [0.1, 0.15) is 31.1 Å². The third kappa shape index (κ3) is 5.19. The summed E-state index contributed by atoms with van der Waals surface area (Å²) in [6.07, 6.45) is 3.43. The van der Waals surface area contributed by atoms with E-state index in [0.717, 1.165) is 16.6 Å². The van der Waals surface area contributed by atoms with Crippen LogP contribution in [0.2, 0.25) is 0 Å². The van der Waals surface area contributed by atoms with Crippen LogP contribution in [0.25, 0.3) is 11.0 Å². The molecule has 0 saturated heterocycles. The molecule has 4 rings (SSSR count). The van der Waals surface area contributed by atoms with Crippen LogP contribution in [0.15, 0.2) is 78.2 Å². The summed E-state index contributed by atoms with van der Waals surface area (Å²) in [6.45, 7) is 3.08. The van der Waals surface area contributed by atoms with Gasteiger partial charge < -0.3 is 14.2 Å². The van der Waals surface area contributed by atoms with E-state index >= 15 is 0 Å². The van der Waals surface area contributed by atoms with Crippen molar-refractivity contribution in [3.05, 3.63) is 84.4 Å². The van der Waals surface area contributed by atoms with Crippen molar-refractivity contribution in [1.29, 1.82) is 0 Å². The molecule has 31 heavy (non-hydrogen) atoms. The molecule has 0 spiro atoms. The van der Waals surface area contributed by atoms with Gasteiger partial charge in [-0.1, -0.05) is 12.1 Å². The molecule has 0 unspecified atom stereocenters. The largest absolute Gasteiger partial charge is 0.490 e. The molecule has 7 heteroatoms. The van der Waals surface area contributed by atoms with Crippen LogP contribution in [0, 0.1) is 5.82 Å². The first kappa shape index (κ1) is 20.4. The zero-order valence-electron chi connectivity index (χ0n) is 17.1. The highest BCUT2D eigenvalue weighted by molar-refractivity contribution is 5.82. The fourth-order valence-electron chi connectivity index (χ4n) is 3.00. The van der Waals surface area contributed by atoms with Crippen molar-refractivity contribution >= 4 is 17.2 Å². The maximum atomic E-state index is 12.9. The number of aromatic nitrogens is 2. The van der Waals surface area contributed by atoms with Crippen LogP contribution < -0.4 is 14.2 Å². The number of halogens is 1. The predicted molar refractivity (Wildman–Crippen MR) is 118 cm³/mol. The van der Waals surface area contributed by atoms with Crippen LogP contribution in [0.5, 0.6) is 17.2 Å². The van der Waals surface area contributed by atoms with Crippen molar-refractivity contribution in [3.63, 3.8) is 0 Å². The maximum absolute atomic E-state index is 12.9. The molecule has 0 N–H and O–H groups in total. The number of hydrogen-bond acceptors (Lipinski definition) is 5. The quantitative estimate of drug-likeness (QED) is 0.286. The molecule has 6 nitrogen and oxygen atoms in total. The van der Waals surface area contributed by atoms with Crippen LogP contribution in [-0.4, -0.2) is 35.7 Å². The molecule has 0 aliphatic rings. The van der Waals surface area contributed by atoms with Gasteiger partial charge in [-0.05, 0) is 67.1 Å². The Labute approximate surface area is 179 Å². The lowest BCUT2D eigenvalue weighted by atomic mass is 10.2. The van der Waals surface area contributed by atoms with E-state index in [2.05, 4.69) is 10.1 Å². The van der Waals surface area contributed by atoms with Gasteiger partial charge >= 0.3 is 0 Å². The molecule has 0 atom stereocenters. The van der Waals surface area contributed by atoms with E-state index in [0.29, 0.717) is 37.1 Å². The number of para-hydroxylation sites is 2. The van der Waals surface area contributed by atoms with Gasteiger partial charge in [0.05, 0.1) is 23.9 Å². The summed E-state index contributed by atoms with van der Waals surface area (Å²) in [5.74, 6) is 1.54. The molecule has 0 amide bonds. The normalized spacial score (nSPS) is 11.2. The summed E-state index contributed by atoms with van der Waals surface area (Å²) in [5.41, 5.74) is 2.70. The van der Waals surface area contributed by atoms with Crippen molar-refractivity contribution < 1.29 is 18.6 Å². The van der Waals surface area contributed by atoms with E-state index in [-0.39, 0.29) is 5.82 Å². The SMILES string of the molecule is CCOc1cc(/C=N\n2cnc3ccccc32)ccc1OCCOc1ccc(F)cc1. The van der Waals surface area contributed by atoms with Crippen LogP contribution in [-0.2, 0) is 0 Å². The van der Waals surface area contributed by atoms with Gasteiger partial charge in [0.15, 0.2) is 11.5 Å². The van der Waals surface area contributed by atoms with Crippen molar-refractivity contribution in [2.24, 2.45) is 5.10 Å². The minimum absolute atomic E-state index is 0.296. The fourth-order valence-corrected chi connectivity index (χ4v) is 3.00. The van der Waals surface area contributed by atoms with Crippen molar-refractivity contribution in [2.75, 3.05) is 19.8 Å². The lowest BCUT2D eigenvalue weighted by Gasteiger charge is -2.13. The predicted octanol–water partition coefficient (Wildman–Crippen LogP) is 4.91. The van der Waals surface area contributed by atoms with Crippen molar-refractivity contribution in [3.8, 4) is 17.2 Å². The van der Waals surface area contributed by atoms with Gasteiger partial charge in [-0.15, -0.1) is 0 Å². The monoisotopic (exact) mass is 419 g/mol. The Morgan fingerprint density at radius 2 is 1.74 bits per heavy atom. The standard InChI is InChI=1S/C24H22FN3O3/c1-2-29-24-15-18(16-27-28-17-26-21-5-3-4-6-22(21)28)7-12-23(24)31-14-13-30-20-10-8-19(25)9-11-20/h3-12,15-17H,2,13-14H2,1H3/b27-16-. The first-order chi connectivity index (χ1) is 15.2. The molecule has 1 aromatic heterocycles. The second-order valence-electron chi connectivity index (χ2n) is 6.61. The summed E-state index contributed by atoms with van der Waals surface area (Å²) in [7, 11) is 0. The van der Waals surface area contributed by atoms with Crippen LogP contribution in [0.1, 0.15) is 12.5 Å². The number of rotatable bonds is 9. The van der Waals surface area contributed by atoms with Crippen molar-refractivity contribution in [1.82, 2.24) is 9.66 Å². The summed E-state index contributed by atoms with van der Waals surface area (Å²) in [5, 5.41) is 4.50. The smallest absolute Gasteiger partial charge is 0.161 e. The summed E-state index contributed by atoms with van der Waals surface area (Å²) in [6, 6.07) is 19.3. The van der Waals surface area contributed by atoms with E-state index < -0.39 is 0 Å². The highest BCUT2D eigenvalue weighted by Gasteiger charge is 2.07. The topological polar surface area (TPSA) is 57.9 Å². The molecular formula is C24H22FN3O3. The zero-order chi connectivity index (χ0) is 21.5. The van der Waals surface area contributed by atoms with Gasteiger partial charge in [-0.3, -0.25) is 0 Å². The molecule has 1 heterocycles. The zero-order valence-corrected chi connectivity index (χ0v) is 17.1. The first-order valence-corrected chi connectivity index (χ1v) is 9.97. The van der Waals surface area contributed by atoms with Gasteiger partial charge in [-0.2, -0.15) is 5.10 Å². The Kier molecular flexibility index (Phi) is 6.42. The number of hydrogen-bond donors (Lipinski definition) is 0. The van der Waals surface area contributed by atoms with Crippen LogP contribution >= 0.6 is 0 Å². The third-order valence-corrected chi connectivity index (χ3v) is 4.46. The molecule has 0 saturated carbocycles. The number of nitrogens with zero attached hydrogens (tertiary/aromatic N) is 3. The van der Waals surface area contributed by atoms with E-state index in [1.807, 2.05) is 49.4 Å². The molecule has 0 bridgehead atoms. The van der Waals surface area contributed by atoms with Crippen LogP contribution in [0.4, 0.5) is 4.39 Å². The second-order valence-corrected chi connectivity index (χ2v) is 6.61. The Balaban J connectivity index is 1.40. The van der Waals surface area contributed by atoms with Gasteiger partial charge in [0, 0.05) is 0 Å². The van der Waals surface area contributed by atoms with Crippen molar-refractivity contribution in [2.45, 2.75) is 6.92 Å². The second kappa shape index (κ2) is 9.75.